The highest BCUT2D eigenvalue weighted by atomic mass is 32.2. The van der Waals surface area contributed by atoms with Gasteiger partial charge in [0, 0.05) is 17.7 Å². The molecule has 0 aliphatic carbocycles. The summed E-state index contributed by atoms with van der Waals surface area (Å²) in [5.74, 6) is 0. The molecule has 1 saturated heterocycles. The molecule has 2 amide bonds. The van der Waals surface area contributed by atoms with Gasteiger partial charge in [0.15, 0.2) is 6.23 Å². The van der Waals surface area contributed by atoms with Gasteiger partial charge in [-0.1, -0.05) is 0 Å². The smallest absolute Gasteiger partial charge is 0.363 e. The van der Waals surface area contributed by atoms with Gasteiger partial charge >= 0.3 is 16.2 Å². The number of carbonyl (C=O) groups excluding carboxylic acids is 1. The standard InChI is InChI=1S/C15H15N5O10S2/c21-5-8-9(22)10(23)11(24)13(30-8)18-14(25)16-15-19(32(18,28)29)17-12(31-15)6-1-3-7(4-2-6)20(26)27/h1-4,8-11,13,21-24H,5H2/t8-,9-,10+,11-,13-/m1/s1. The average molecular weight is 489 g/mol. The van der Waals surface area contributed by atoms with Crippen LogP contribution in [-0.4, -0.2) is 96.0 Å². The number of nitro groups is 1. The molecule has 15 nitrogen and oxygen atoms in total. The van der Waals surface area contributed by atoms with Crippen molar-refractivity contribution in [3.63, 3.8) is 0 Å². The zero-order chi connectivity index (χ0) is 23.4. The topological polar surface area (TPSA) is 216 Å². The number of benzene rings is 1. The van der Waals surface area contributed by atoms with Crippen LogP contribution in [0.3, 0.4) is 0 Å². The van der Waals surface area contributed by atoms with E-state index in [0.717, 1.165) is 11.8 Å². The minimum absolute atomic E-state index is 0.0573. The van der Waals surface area contributed by atoms with Crippen molar-refractivity contribution in [3.05, 3.63) is 39.9 Å². The molecular formula is C15H15N5O10S2. The molecule has 0 aromatic heterocycles. The van der Waals surface area contributed by atoms with Crippen LogP contribution in [0.25, 0.3) is 0 Å². The van der Waals surface area contributed by atoms with Crippen LogP contribution in [0.5, 0.6) is 0 Å². The first-order chi connectivity index (χ1) is 15.1. The summed E-state index contributed by atoms with van der Waals surface area (Å²) in [7, 11) is -4.81. The summed E-state index contributed by atoms with van der Waals surface area (Å²) in [6.07, 6.45) is -9.19. The minimum atomic E-state index is -4.81. The highest BCUT2D eigenvalue weighted by Gasteiger charge is 2.55. The molecule has 0 saturated carbocycles. The van der Waals surface area contributed by atoms with Crippen molar-refractivity contribution in [1.82, 2.24) is 8.72 Å². The number of hydrogen-bond donors (Lipinski definition) is 4. The van der Waals surface area contributed by atoms with Gasteiger partial charge in [-0.05, 0) is 23.9 Å². The van der Waals surface area contributed by atoms with Crippen molar-refractivity contribution >= 4 is 43.9 Å². The number of nitro benzene ring substituents is 1. The highest BCUT2D eigenvalue weighted by molar-refractivity contribution is 8.28. The Kier molecular flexibility index (Phi) is 5.65. The van der Waals surface area contributed by atoms with Crippen LogP contribution in [0.15, 0.2) is 34.4 Å². The number of nitrogens with zero attached hydrogens (tertiary/aromatic N) is 5. The molecule has 4 N–H and O–H groups in total. The second-order valence-corrected chi connectivity index (χ2v) is 9.35. The molecule has 5 atom stereocenters. The van der Waals surface area contributed by atoms with Crippen LogP contribution >= 0.6 is 11.8 Å². The van der Waals surface area contributed by atoms with E-state index in [0.29, 0.717) is 9.98 Å². The summed E-state index contributed by atoms with van der Waals surface area (Å²) in [4.78, 5) is 26.4. The van der Waals surface area contributed by atoms with Gasteiger partial charge in [0.25, 0.3) is 5.69 Å². The Bertz CT molecular complexity index is 1120. The van der Waals surface area contributed by atoms with Gasteiger partial charge in [0.2, 0.25) is 5.17 Å². The van der Waals surface area contributed by atoms with Crippen LogP contribution in [0.1, 0.15) is 5.56 Å². The first-order valence-electron chi connectivity index (χ1n) is 8.85. The Morgan fingerprint density at radius 1 is 1.16 bits per heavy atom. The van der Waals surface area contributed by atoms with E-state index < -0.39 is 58.4 Å². The quantitative estimate of drug-likeness (QED) is 0.272. The van der Waals surface area contributed by atoms with Crippen LogP contribution < -0.4 is 0 Å². The zero-order valence-corrected chi connectivity index (χ0v) is 17.3. The van der Waals surface area contributed by atoms with E-state index in [1.165, 1.54) is 24.3 Å². The normalized spacial score (nSPS) is 31.8. The summed E-state index contributed by atoms with van der Waals surface area (Å²) < 4.78 is 31.8. The Hall–Kier alpha value is -2.67. The molecule has 1 fully saturated rings. The second kappa shape index (κ2) is 8.03. The molecule has 4 rings (SSSR count). The zero-order valence-electron chi connectivity index (χ0n) is 15.7. The third kappa shape index (κ3) is 3.52. The fraction of sp³-hybridized carbons (Fsp3) is 0.400. The second-order valence-electron chi connectivity index (χ2n) is 6.75. The average Bonchev–Trinajstić information content (AvgIpc) is 3.18. The minimum Gasteiger partial charge on any atom is -0.394 e. The van der Waals surface area contributed by atoms with Crippen LogP contribution in [0.2, 0.25) is 0 Å². The van der Waals surface area contributed by atoms with Gasteiger partial charge in [-0.25, -0.2) is 4.79 Å². The van der Waals surface area contributed by atoms with Crippen molar-refractivity contribution in [3.8, 4) is 0 Å². The largest absolute Gasteiger partial charge is 0.394 e. The van der Waals surface area contributed by atoms with Crippen LogP contribution in [0, 0.1) is 10.1 Å². The van der Waals surface area contributed by atoms with Gasteiger partial charge in [-0.2, -0.15) is 17.7 Å². The number of non-ortho nitro benzene ring substituents is 1. The van der Waals surface area contributed by atoms with Crippen molar-refractivity contribution in [2.75, 3.05) is 6.61 Å². The first kappa shape index (κ1) is 22.5. The molecule has 3 aliphatic heterocycles. The van der Waals surface area contributed by atoms with E-state index in [4.69, 9.17) is 4.74 Å². The maximum Gasteiger partial charge on any atom is 0.363 e. The Balaban J connectivity index is 1.67. The van der Waals surface area contributed by atoms with E-state index in [1.54, 1.807) is 0 Å². The number of amidine groups is 1. The summed E-state index contributed by atoms with van der Waals surface area (Å²) >= 11 is 0.720. The third-order valence-electron chi connectivity index (χ3n) is 4.80. The summed E-state index contributed by atoms with van der Waals surface area (Å²) in [6, 6.07) is 3.71. The first-order valence-corrected chi connectivity index (χ1v) is 11.1. The lowest BCUT2D eigenvalue weighted by Crippen LogP contribution is -2.66. The monoisotopic (exact) mass is 489 g/mol. The van der Waals surface area contributed by atoms with Crippen molar-refractivity contribution in [2.24, 2.45) is 10.1 Å². The molecular weight excluding hydrogens is 474 g/mol. The lowest BCUT2D eigenvalue weighted by atomic mass is 9.98. The number of aliphatic imine (C=N–C) groups is 1. The maximum absolute atomic E-state index is 13.1. The van der Waals surface area contributed by atoms with E-state index in [1.807, 2.05) is 0 Å². The molecule has 0 unspecified atom stereocenters. The fourth-order valence-electron chi connectivity index (χ4n) is 3.16. The Morgan fingerprint density at radius 2 is 1.81 bits per heavy atom. The van der Waals surface area contributed by atoms with Crippen molar-refractivity contribution < 1.29 is 43.3 Å². The van der Waals surface area contributed by atoms with E-state index in [9.17, 15) is 43.8 Å². The SMILES string of the molecule is O=C1N=C2SC(c3ccc([N+](=O)[O-])cc3)=NN2S(=O)(=O)N1[C@@H]1O[C@H](CO)[C@@H](O)[C@H](O)[C@H]1O. The summed E-state index contributed by atoms with van der Waals surface area (Å²) in [5.41, 5.74) is 0.128. The van der Waals surface area contributed by atoms with Crippen molar-refractivity contribution in [2.45, 2.75) is 30.6 Å². The number of rotatable bonds is 4. The molecule has 32 heavy (non-hydrogen) atoms. The summed E-state index contributed by atoms with van der Waals surface area (Å²) in [5, 5.41) is 53.8. The Morgan fingerprint density at radius 3 is 2.41 bits per heavy atom. The number of thioether (sulfide) groups is 1. The molecule has 0 spiro atoms. The van der Waals surface area contributed by atoms with Crippen molar-refractivity contribution in [1.29, 1.82) is 0 Å². The molecule has 3 aliphatic rings. The molecule has 0 bridgehead atoms. The van der Waals surface area contributed by atoms with Crippen LogP contribution in [0.4, 0.5) is 10.5 Å². The number of aliphatic hydroxyl groups is 4. The predicted molar refractivity (Wildman–Crippen MR) is 106 cm³/mol. The fourth-order valence-corrected chi connectivity index (χ4v) is 5.66. The number of hydrazone groups is 1. The van der Waals surface area contributed by atoms with E-state index >= 15 is 0 Å². The number of fused-ring (bicyclic) bond motifs is 1. The van der Waals surface area contributed by atoms with E-state index in [-0.39, 0.29) is 20.2 Å². The molecule has 172 valence electrons. The third-order valence-corrected chi connectivity index (χ3v) is 7.43. The molecule has 1 aromatic rings. The van der Waals surface area contributed by atoms with Gasteiger partial charge in [0.1, 0.15) is 29.5 Å². The number of ether oxygens (including phenoxy) is 1. The van der Waals surface area contributed by atoms with Gasteiger partial charge in [0.05, 0.1) is 11.5 Å². The number of amides is 2. The molecule has 3 heterocycles. The van der Waals surface area contributed by atoms with Crippen LogP contribution in [-0.2, 0) is 14.9 Å². The lowest BCUT2D eigenvalue weighted by molar-refractivity contribution is -0.384. The highest BCUT2D eigenvalue weighted by Crippen LogP contribution is 2.36. The molecule has 0 radical (unpaired) electrons. The van der Waals surface area contributed by atoms with Gasteiger partial charge < -0.3 is 25.2 Å². The molecule has 1 aromatic carbocycles. The maximum atomic E-state index is 13.1. The Labute approximate surface area is 183 Å². The number of urea groups is 1. The number of hydrogen-bond acceptors (Lipinski definition) is 12. The molecule has 17 heteroatoms. The van der Waals surface area contributed by atoms with Gasteiger partial charge in [-0.3, -0.25) is 10.1 Å². The number of aliphatic hydroxyl groups excluding tert-OH is 4. The predicted octanol–water partition coefficient (Wildman–Crippen LogP) is -1.86. The lowest BCUT2D eigenvalue weighted by Gasteiger charge is -2.44. The van der Waals surface area contributed by atoms with E-state index in [2.05, 4.69) is 10.1 Å². The van der Waals surface area contributed by atoms with Gasteiger partial charge in [-0.15, -0.1) is 9.52 Å². The number of carbonyl (C=O) groups is 1. The summed E-state index contributed by atoms with van der Waals surface area (Å²) in [6.45, 7) is -0.833.